The third kappa shape index (κ3) is 5.29. The van der Waals surface area contributed by atoms with Crippen LogP contribution in [0.1, 0.15) is 77.9 Å². The van der Waals surface area contributed by atoms with Crippen LogP contribution in [0.2, 0.25) is 0 Å². The van der Waals surface area contributed by atoms with Gasteiger partial charge >= 0.3 is 13.2 Å². The number of carbonyl (C=O) groups is 2. The van der Waals surface area contributed by atoms with E-state index >= 15 is 0 Å². The number of hydrogen-bond acceptors (Lipinski definition) is 6. The summed E-state index contributed by atoms with van der Waals surface area (Å²) in [6.07, 6.45) is 0.792. The van der Waals surface area contributed by atoms with Gasteiger partial charge in [0.2, 0.25) is 0 Å². The van der Waals surface area contributed by atoms with Crippen LogP contribution in [0.5, 0.6) is 0 Å². The van der Waals surface area contributed by atoms with Crippen molar-refractivity contribution in [1.29, 1.82) is 0 Å². The highest BCUT2D eigenvalue weighted by molar-refractivity contribution is 7.23. The number of rotatable bonds is 3. The van der Waals surface area contributed by atoms with E-state index in [9.17, 15) is 14.0 Å². The molecule has 3 heterocycles. The zero-order chi connectivity index (χ0) is 24.1. The molecule has 7 nitrogen and oxygen atoms in total. The Balaban J connectivity index is 1.61. The van der Waals surface area contributed by atoms with E-state index in [0.29, 0.717) is 24.2 Å². The Morgan fingerprint density at radius 2 is 1.84 bits per heavy atom. The molecular weight excluding hydrogens is 434 g/mol. The molecule has 3 rings (SSSR count). The molecule has 0 bridgehead atoms. The summed E-state index contributed by atoms with van der Waals surface area (Å²) in [4.78, 5) is 26.9. The molecule has 2 fully saturated rings. The smallest absolute Gasteiger partial charge is 0.444 e. The van der Waals surface area contributed by atoms with Crippen LogP contribution in [0, 0.1) is 5.82 Å². The van der Waals surface area contributed by atoms with Gasteiger partial charge in [0.15, 0.2) is 0 Å². The molecule has 10 heteroatoms. The maximum atomic E-state index is 14.6. The molecule has 2 amide bonds. The molecular formula is C22H34BFN2O5S. The minimum Gasteiger partial charge on any atom is -0.444 e. The lowest BCUT2D eigenvalue weighted by atomic mass is 9.88. The average molecular weight is 468 g/mol. The van der Waals surface area contributed by atoms with E-state index in [2.05, 4.69) is 5.32 Å². The lowest BCUT2D eigenvalue weighted by molar-refractivity contribution is 0.00578. The maximum absolute atomic E-state index is 14.6. The summed E-state index contributed by atoms with van der Waals surface area (Å²) in [6.45, 7) is 15.6. The quantitative estimate of drug-likeness (QED) is 0.685. The predicted octanol–water partition coefficient (Wildman–Crippen LogP) is 3.70. The van der Waals surface area contributed by atoms with Crippen molar-refractivity contribution in [3.63, 3.8) is 0 Å². The van der Waals surface area contributed by atoms with Crippen molar-refractivity contribution in [3.8, 4) is 0 Å². The van der Waals surface area contributed by atoms with Gasteiger partial charge in [0.25, 0.3) is 5.91 Å². The van der Waals surface area contributed by atoms with E-state index in [-0.39, 0.29) is 23.1 Å². The first-order chi connectivity index (χ1) is 14.6. The second-order valence-electron chi connectivity index (χ2n) is 10.6. The summed E-state index contributed by atoms with van der Waals surface area (Å²) >= 11 is 1.05. The zero-order valence-electron chi connectivity index (χ0n) is 20.2. The second-order valence-corrected chi connectivity index (χ2v) is 11.7. The van der Waals surface area contributed by atoms with Crippen molar-refractivity contribution < 1.29 is 28.0 Å². The molecule has 2 atom stereocenters. The number of halogens is 1. The fourth-order valence-corrected chi connectivity index (χ4v) is 4.66. The fraction of sp³-hybridized carbons (Fsp3) is 0.727. The van der Waals surface area contributed by atoms with Crippen LogP contribution in [0.3, 0.4) is 0 Å². The van der Waals surface area contributed by atoms with Crippen molar-refractivity contribution in [2.75, 3.05) is 6.54 Å². The Kier molecular flexibility index (Phi) is 6.72. The number of ether oxygens (including phenoxy) is 1. The lowest BCUT2D eigenvalue weighted by Crippen LogP contribution is -2.52. The molecule has 2 unspecified atom stereocenters. The number of hydrogen-bond donors (Lipinski definition) is 1. The highest BCUT2D eigenvalue weighted by atomic mass is 32.1. The molecule has 2 aliphatic heterocycles. The van der Waals surface area contributed by atoms with Gasteiger partial charge in [0.1, 0.15) is 16.3 Å². The molecule has 0 aliphatic carbocycles. The molecule has 2 aliphatic rings. The number of nitrogens with one attached hydrogen (secondary N) is 1. The molecule has 0 saturated carbocycles. The summed E-state index contributed by atoms with van der Waals surface area (Å²) in [6, 6.07) is 1.06. The summed E-state index contributed by atoms with van der Waals surface area (Å²) in [5.74, 6) is -1.05. The van der Waals surface area contributed by atoms with E-state index in [1.807, 2.05) is 55.4 Å². The van der Waals surface area contributed by atoms with Crippen LogP contribution in [-0.4, -0.2) is 59.5 Å². The van der Waals surface area contributed by atoms with Crippen LogP contribution < -0.4 is 10.1 Å². The van der Waals surface area contributed by atoms with Crippen LogP contribution in [0.4, 0.5) is 9.18 Å². The molecule has 1 N–H and O–H groups in total. The van der Waals surface area contributed by atoms with Gasteiger partial charge in [-0.3, -0.25) is 4.79 Å². The summed E-state index contributed by atoms with van der Waals surface area (Å²) < 4.78 is 32.6. The Labute approximate surface area is 194 Å². The number of carbonyl (C=O) groups excluding carboxylic acids is 2. The van der Waals surface area contributed by atoms with E-state index in [1.54, 1.807) is 4.90 Å². The Hall–Kier alpha value is -1.65. The van der Waals surface area contributed by atoms with Crippen molar-refractivity contribution in [3.05, 3.63) is 16.8 Å². The fourth-order valence-electron chi connectivity index (χ4n) is 3.76. The van der Waals surface area contributed by atoms with Gasteiger partial charge < -0.3 is 24.3 Å². The van der Waals surface area contributed by atoms with Crippen molar-refractivity contribution in [2.24, 2.45) is 0 Å². The first-order valence-electron chi connectivity index (χ1n) is 11.0. The van der Waals surface area contributed by atoms with Gasteiger partial charge in [-0.05, 0) is 74.3 Å². The number of amides is 2. The molecule has 178 valence electrons. The van der Waals surface area contributed by atoms with Crippen molar-refractivity contribution in [1.82, 2.24) is 10.2 Å². The van der Waals surface area contributed by atoms with Gasteiger partial charge in [-0.1, -0.05) is 0 Å². The largest absolute Gasteiger partial charge is 0.505 e. The average Bonchev–Trinajstić information content (AvgIpc) is 3.10. The van der Waals surface area contributed by atoms with Crippen LogP contribution in [-0.2, 0) is 14.0 Å². The lowest BCUT2D eigenvalue weighted by Gasteiger charge is -2.38. The van der Waals surface area contributed by atoms with Gasteiger partial charge in [-0.2, -0.15) is 0 Å². The standard InChI is InChI=1S/C22H34BFN2O5S/c1-13-11-14(9-10-26(13)19(28)29-20(2,3)4)25-18(27)17-15(24)12-16(32-17)23-30-21(5,6)22(7,8)31-23/h12-14H,9-11H2,1-8H3,(H,25,27). The molecule has 0 spiro atoms. The third-order valence-electron chi connectivity index (χ3n) is 6.24. The minimum absolute atomic E-state index is 0.0111. The van der Waals surface area contributed by atoms with Gasteiger partial charge in [-0.15, -0.1) is 11.3 Å². The van der Waals surface area contributed by atoms with Crippen molar-refractivity contribution >= 4 is 35.2 Å². The maximum Gasteiger partial charge on any atom is 0.505 e. The van der Waals surface area contributed by atoms with Crippen LogP contribution in [0.15, 0.2) is 6.07 Å². The van der Waals surface area contributed by atoms with Crippen molar-refractivity contribution in [2.45, 2.75) is 97.1 Å². The van der Waals surface area contributed by atoms with Gasteiger partial charge in [-0.25, -0.2) is 9.18 Å². The molecule has 1 aromatic rings. The number of likely N-dealkylation sites (tertiary alicyclic amines) is 1. The number of thiophene rings is 1. The molecule has 32 heavy (non-hydrogen) atoms. The highest BCUT2D eigenvalue weighted by Crippen LogP contribution is 2.37. The van der Waals surface area contributed by atoms with E-state index in [4.69, 9.17) is 14.0 Å². The zero-order valence-corrected chi connectivity index (χ0v) is 21.0. The molecule has 2 saturated heterocycles. The van der Waals surface area contributed by atoms with E-state index in [0.717, 1.165) is 11.3 Å². The second kappa shape index (κ2) is 8.61. The van der Waals surface area contributed by atoms with Crippen LogP contribution >= 0.6 is 11.3 Å². The molecule has 0 radical (unpaired) electrons. The Bertz CT molecular complexity index is 866. The normalized spacial score (nSPS) is 25.0. The van der Waals surface area contributed by atoms with E-state index in [1.165, 1.54) is 6.07 Å². The van der Waals surface area contributed by atoms with Crippen LogP contribution in [0.25, 0.3) is 0 Å². The van der Waals surface area contributed by atoms with E-state index < -0.39 is 35.6 Å². The summed E-state index contributed by atoms with van der Waals surface area (Å²) in [5, 5.41) is 2.92. The molecule has 0 aromatic carbocycles. The first-order valence-corrected chi connectivity index (χ1v) is 11.9. The summed E-state index contributed by atoms with van der Waals surface area (Å²) in [5.41, 5.74) is -1.65. The van der Waals surface area contributed by atoms with Gasteiger partial charge in [0.05, 0.1) is 11.2 Å². The number of nitrogens with zero attached hydrogens (tertiary/aromatic N) is 1. The number of piperidine rings is 1. The minimum atomic E-state index is -0.710. The third-order valence-corrected chi connectivity index (χ3v) is 7.37. The Morgan fingerprint density at radius 1 is 1.25 bits per heavy atom. The highest BCUT2D eigenvalue weighted by Gasteiger charge is 2.52. The first kappa shape index (κ1) is 25.0. The summed E-state index contributed by atoms with van der Waals surface area (Å²) in [7, 11) is -0.710. The van der Waals surface area contributed by atoms with Gasteiger partial charge in [0, 0.05) is 23.4 Å². The topological polar surface area (TPSA) is 77.1 Å². The molecule has 1 aromatic heterocycles. The SMILES string of the molecule is CC1CC(NC(=O)c2sc(B3OC(C)(C)C(C)(C)O3)cc2F)CCN1C(=O)OC(C)(C)C. The monoisotopic (exact) mass is 468 g/mol. The Morgan fingerprint density at radius 3 is 2.38 bits per heavy atom. The predicted molar refractivity (Wildman–Crippen MR) is 123 cm³/mol.